The average molecular weight is 341 g/mol. The summed E-state index contributed by atoms with van der Waals surface area (Å²) >= 11 is 1.58. The smallest absolute Gasteiger partial charge is 0.228 e. The van der Waals surface area contributed by atoms with Crippen molar-refractivity contribution < 1.29 is 4.79 Å². The number of hydrogen-bond acceptors (Lipinski definition) is 4. The van der Waals surface area contributed by atoms with Gasteiger partial charge in [0.15, 0.2) is 5.16 Å². The molecule has 0 spiro atoms. The van der Waals surface area contributed by atoms with Gasteiger partial charge in [-0.2, -0.15) is 0 Å². The normalized spacial score (nSPS) is 13.1. The third-order valence-electron chi connectivity index (χ3n) is 3.31. The van der Waals surface area contributed by atoms with E-state index in [0.717, 1.165) is 15.7 Å². The Morgan fingerprint density at radius 1 is 1.32 bits per heavy atom. The number of nitrogens with one attached hydrogen (secondary N) is 1. The fourth-order valence-corrected chi connectivity index (χ4v) is 2.46. The highest BCUT2D eigenvalue weighted by Gasteiger charge is 2.16. The number of carbonyl (C=O) groups excluding carboxylic acids is 1. The lowest BCUT2D eigenvalue weighted by Crippen LogP contribution is -2.34. The maximum Gasteiger partial charge on any atom is 0.228 e. The molecule has 0 bridgehead atoms. The molecule has 2 atom stereocenters. The molecule has 5 nitrogen and oxygen atoms in total. The Morgan fingerprint density at radius 3 is 2.45 bits per heavy atom. The van der Waals surface area contributed by atoms with Crippen molar-refractivity contribution in [2.24, 2.45) is 18.7 Å². The van der Waals surface area contributed by atoms with Crippen LogP contribution >= 0.6 is 24.2 Å². The molecule has 2 rings (SSSR count). The molecule has 120 valence electrons. The van der Waals surface area contributed by atoms with E-state index in [-0.39, 0.29) is 30.3 Å². The maximum absolute atomic E-state index is 11.9. The van der Waals surface area contributed by atoms with Crippen LogP contribution < -0.4 is 11.1 Å². The van der Waals surface area contributed by atoms with Crippen LogP contribution in [0, 0.1) is 5.92 Å². The van der Waals surface area contributed by atoms with Crippen molar-refractivity contribution >= 4 is 35.8 Å². The van der Waals surface area contributed by atoms with E-state index in [4.69, 9.17) is 5.73 Å². The Labute approximate surface area is 141 Å². The molecule has 1 aromatic heterocycles. The van der Waals surface area contributed by atoms with E-state index in [1.54, 1.807) is 18.0 Å². The first kappa shape index (κ1) is 18.5. The summed E-state index contributed by atoms with van der Waals surface area (Å²) in [7, 11) is 1.96. The number of aromatic nitrogens is 2. The largest absolute Gasteiger partial charge is 0.329 e. The second kappa shape index (κ2) is 8.22. The number of aryl methyl sites for hydroxylation is 1. The zero-order valence-electron chi connectivity index (χ0n) is 12.8. The van der Waals surface area contributed by atoms with E-state index in [2.05, 4.69) is 10.3 Å². The molecule has 2 unspecified atom stereocenters. The number of hydrogen-bond donors (Lipinski definition) is 2. The fourth-order valence-electron chi connectivity index (χ4n) is 1.66. The number of nitrogens with zero attached hydrogens (tertiary/aromatic N) is 2. The molecule has 0 saturated heterocycles. The molecule has 0 fully saturated rings. The van der Waals surface area contributed by atoms with Crippen LogP contribution in [0.3, 0.4) is 0 Å². The fraction of sp³-hybridized carbons (Fsp3) is 0.333. The first-order chi connectivity index (χ1) is 9.97. The standard InChI is InChI=1S/C15H20N4OS.ClH/c1-10(11(2)16)14(20)18-12-4-6-13(7-5-12)21-15-17-8-9-19(15)3;/h4-11H,16H2,1-3H3,(H,18,20);1H. The highest BCUT2D eigenvalue weighted by atomic mass is 35.5. The second-order valence-electron chi connectivity index (χ2n) is 5.08. The van der Waals surface area contributed by atoms with E-state index in [1.165, 1.54) is 0 Å². The van der Waals surface area contributed by atoms with Gasteiger partial charge in [0, 0.05) is 36.1 Å². The summed E-state index contributed by atoms with van der Waals surface area (Å²) in [4.78, 5) is 17.3. The SMILES string of the molecule is CC(N)C(C)C(=O)Nc1ccc(Sc2nccn2C)cc1.Cl. The summed E-state index contributed by atoms with van der Waals surface area (Å²) in [6.45, 7) is 3.65. The minimum Gasteiger partial charge on any atom is -0.329 e. The number of halogens is 1. The molecule has 22 heavy (non-hydrogen) atoms. The van der Waals surface area contributed by atoms with Crippen molar-refractivity contribution in [1.29, 1.82) is 0 Å². The summed E-state index contributed by atoms with van der Waals surface area (Å²) in [5.74, 6) is -0.277. The van der Waals surface area contributed by atoms with Crippen molar-refractivity contribution in [2.75, 3.05) is 5.32 Å². The molecule has 7 heteroatoms. The minimum atomic E-state index is -0.216. The Morgan fingerprint density at radius 2 is 1.95 bits per heavy atom. The van der Waals surface area contributed by atoms with Gasteiger partial charge in [0.05, 0.1) is 5.92 Å². The molecule has 0 aliphatic carbocycles. The van der Waals surface area contributed by atoms with Crippen LogP contribution in [-0.2, 0) is 11.8 Å². The Bertz CT molecular complexity index is 612. The van der Waals surface area contributed by atoms with E-state index in [0.29, 0.717) is 0 Å². The number of nitrogens with two attached hydrogens (primary N) is 1. The van der Waals surface area contributed by atoms with Crippen LogP contribution in [0.25, 0.3) is 0 Å². The number of rotatable bonds is 5. The summed E-state index contributed by atoms with van der Waals surface area (Å²) in [5, 5.41) is 3.80. The van der Waals surface area contributed by atoms with E-state index >= 15 is 0 Å². The molecular formula is C15H21ClN4OS. The summed E-state index contributed by atoms with van der Waals surface area (Å²) in [5.41, 5.74) is 6.51. The molecule has 0 radical (unpaired) electrons. The lowest BCUT2D eigenvalue weighted by Gasteiger charge is -2.15. The highest BCUT2D eigenvalue weighted by Crippen LogP contribution is 2.26. The molecule has 1 heterocycles. The predicted molar refractivity (Wildman–Crippen MR) is 92.5 cm³/mol. The third-order valence-corrected chi connectivity index (χ3v) is 4.39. The Balaban J connectivity index is 0.00000242. The van der Waals surface area contributed by atoms with Crippen LogP contribution in [0.2, 0.25) is 0 Å². The van der Waals surface area contributed by atoms with E-state index in [9.17, 15) is 4.79 Å². The molecule has 0 saturated carbocycles. The van der Waals surface area contributed by atoms with Gasteiger partial charge in [0.2, 0.25) is 5.91 Å². The van der Waals surface area contributed by atoms with Gasteiger partial charge in [-0.15, -0.1) is 12.4 Å². The van der Waals surface area contributed by atoms with Crippen LogP contribution in [0.4, 0.5) is 5.69 Å². The first-order valence-electron chi connectivity index (χ1n) is 6.79. The van der Waals surface area contributed by atoms with Gasteiger partial charge in [-0.3, -0.25) is 4.79 Å². The van der Waals surface area contributed by atoms with Gasteiger partial charge in [-0.05, 0) is 31.2 Å². The van der Waals surface area contributed by atoms with Gasteiger partial charge in [-0.1, -0.05) is 18.7 Å². The number of amides is 1. The van der Waals surface area contributed by atoms with Crippen molar-refractivity contribution in [3.05, 3.63) is 36.7 Å². The number of imidazole rings is 1. The van der Waals surface area contributed by atoms with Gasteiger partial charge in [0.1, 0.15) is 0 Å². The number of benzene rings is 1. The van der Waals surface area contributed by atoms with Crippen LogP contribution in [-0.4, -0.2) is 21.5 Å². The van der Waals surface area contributed by atoms with E-state index < -0.39 is 0 Å². The van der Waals surface area contributed by atoms with Gasteiger partial charge in [0.25, 0.3) is 0 Å². The monoisotopic (exact) mass is 340 g/mol. The van der Waals surface area contributed by atoms with Crippen molar-refractivity contribution in [2.45, 2.75) is 29.9 Å². The third kappa shape index (κ3) is 4.76. The Kier molecular flexibility index (Phi) is 6.93. The van der Waals surface area contributed by atoms with Crippen LogP contribution in [0.1, 0.15) is 13.8 Å². The summed E-state index contributed by atoms with van der Waals surface area (Å²) < 4.78 is 1.96. The average Bonchev–Trinajstić information content (AvgIpc) is 2.85. The first-order valence-corrected chi connectivity index (χ1v) is 7.60. The zero-order valence-corrected chi connectivity index (χ0v) is 14.4. The highest BCUT2D eigenvalue weighted by molar-refractivity contribution is 7.99. The zero-order chi connectivity index (χ0) is 15.4. The quantitative estimate of drug-likeness (QED) is 0.877. The van der Waals surface area contributed by atoms with Gasteiger partial charge < -0.3 is 15.6 Å². The minimum absolute atomic E-state index is 0. The summed E-state index contributed by atoms with van der Waals surface area (Å²) in [6.07, 6.45) is 3.68. The topological polar surface area (TPSA) is 72.9 Å². The molecule has 1 amide bonds. The lowest BCUT2D eigenvalue weighted by molar-refractivity contribution is -0.119. The van der Waals surface area contributed by atoms with Gasteiger partial charge >= 0.3 is 0 Å². The van der Waals surface area contributed by atoms with Crippen molar-refractivity contribution in [1.82, 2.24) is 9.55 Å². The molecule has 3 N–H and O–H groups in total. The molecule has 0 aliphatic rings. The Hall–Kier alpha value is -1.50. The van der Waals surface area contributed by atoms with Crippen molar-refractivity contribution in [3.8, 4) is 0 Å². The second-order valence-corrected chi connectivity index (χ2v) is 6.12. The predicted octanol–water partition coefficient (Wildman–Crippen LogP) is 2.91. The molecule has 1 aromatic carbocycles. The maximum atomic E-state index is 11.9. The molecule has 0 aliphatic heterocycles. The van der Waals surface area contributed by atoms with Crippen molar-refractivity contribution in [3.63, 3.8) is 0 Å². The molecule has 2 aromatic rings. The lowest BCUT2D eigenvalue weighted by atomic mass is 10.0. The molecular weight excluding hydrogens is 320 g/mol. The van der Waals surface area contributed by atoms with Gasteiger partial charge in [-0.25, -0.2) is 4.98 Å². The number of carbonyl (C=O) groups is 1. The van der Waals surface area contributed by atoms with E-state index in [1.807, 2.05) is 55.9 Å². The number of anilines is 1. The van der Waals surface area contributed by atoms with Crippen LogP contribution in [0.15, 0.2) is 46.7 Å². The summed E-state index contributed by atoms with van der Waals surface area (Å²) in [6, 6.07) is 7.54. The van der Waals surface area contributed by atoms with Crippen LogP contribution in [0.5, 0.6) is 0 Å².